The molecule has 2 heterocycles. The number of hydrogen-bond acceptors (Lipinski definition) is 5. The molecule has 4 rings (SSSR count). The van der Waals surface area contributed by atoms with E-state index in [1.807, 2.05) is 18.2 Å². The molecule has 0 radical (unpaired) electrons. The molecule has 2 aromatic carbocycles. The third-order valence-corrected chi connectivity index (χ3v) is 5.08. The highest BCUT2D eigenvalue weighted by atomic mass is 16.5. The molecule has 7 heteroatoms. The third-order valence-electron chi connectivity index (χ3n) is 5.08. The van der Waals surface area contributed by atoms with Crippen LogP contribution >= 0.6 is 0 Å². The molecule has 4 aromatic rings. The van der Waals surface area contributed by atoms with Crippen LogP contribution < -0.4 is 5.56 Å². The average Bonchev–Trinajstić information content (AvgIpc) is 3.20. The Bertz CT molecular complexity index is 1300. The summed E-state index contributed by atoms with van der Waals surface area (Å²) in [6.45, 7) is 1.72. The molecule has 30 heavy (non-hydrogen) atoms. The lowest BCUT2D eigenvalue weighted by atomic mass is 10.1. The Morgan fingerprint density at radius 2 is 1.87 bits per heavy atom. The van der Waals surface area contributed by atoms with Gasteiger partial charge in [0.2, 0.25) is 5.78 Å². The molecule has 0 spiro atoms. The first-order valence-corrected chi connectivity index (χ1v) is 9.82. The van der Waals surface area contributed by atoms with Crippen LogP contribution in [-0.4, -0.2) is 33.3 Å². The quantitative estimate of drug-likeness (QED) is 0.364. The first-order valence-electron chi connectivity index (χ1n) is 9.82. The normalized spacial score (nSPS) is 11.1. The van der Waals surface area contributed by atoms with Crippen LogP contribution in [0.25, 0.3) is 21.8 Å². The van der Waals surface area contributed by atoms with Crippen molar-refractivity contribution in [1.29, 1.82) is 0 Å². The number of aryl methyl sites for hydroxylation is 2. The van der Waals surface area contributed by atoms with E-state index in [4.69, 9.17) is 4.74 Å². The molecule has 2 N–H and O–H groups in total. The molecular weight excluding hydrogens is 382 g/mol. The van der Waals surface area contributed by atoms with Crippen LogP contribution in [0.1, 0.15) is 35.1 Å². The van der Waals surface area contributed by atoms with Gasteiger partial charge in [-0.2, -0.15) is 0 Å². The topological polar surface area (TPSA) is 105 Å². The standard InChI is InChI=1S/C23H21N3O4/c1-2-14-6-5-8-15-17(12-24-22(14)15)19(27)13-30-21(28)11-10-20-25-18-9-4-3-7-16(18)23(29)26-20/h3-9,12,24H,2,10-11,13H2,1H3,(H,25,26,29). The number of esters is 1. The van der Waals surface area contributed by atoms with Gasteiger partial charge in [-0.25, -0.2) is 4.98 Å². The van der Waals surface area contributed by atoms with E-state index < -0.39 is 5.97 Å². The molecule has 0 saturated carbocycles. The monoisotopic (exact) mass is 403 g/mol. The number of carbonyl (C=O) groups is 2. The lowest BCUT2D eigenvalue weighted by Crippen LogP contribution is -2.16. The van der Waals surface area contributed by atoms with Crippen LogP contribution in [0.2, 0.25) is 0 Å². The summed E-state index contributed by atoms with van der Waals surface area (Å²) >= 11 is 0. The minimum Gasteiger partial charge on any atom is -0.457 e. The number of Topliss-reactive ketones (excluding diaryl/α,β-unsaturated/α-hetero) is 1. The number of nitrogens with one attached hydrogen (secondary N) is 2. The zero-order valence-corrected chi connectivity index (χ0v) is 16.5. The molecule has 2 aromatic heterocycles. The molecule has 0 bridgehead atoms. The van der Waals surface area contributed by atoms with Crippen LogP contribution in [0, 0.1) is 0 Å². The Morgan fingerprint density at radius 1 is 1.07 bits per heavy atom. The molecular formula is C23H21N3O4. The van der Waals surface area contributed by atoms with E-state index in [2.05, 4.69) is 21.9 Å². The fraction of sp³-hybridized carbons (Fsp3) is 0.217. The second kappa shape index (κ2) is 8.32. The number of benzene rings is 2. The van der Waals surface area contributed by atoms with Crippen LogP contribution in [0.4, 0.5) is 0 Å². The maximum absolute atomic E-state index is 12.5. The summed E-state index contributed by atoms with van der Waals surface area (Å²) in [5.74, 6) is -0.376. The average molecular weight is 403 g/mol. The van der Waals surface area contributed by atoms with Crippen molar-refractivity contribution in [3.05, 3.63) is 76.0 Å². The summed E-state index contributed by atoms with van der Waals surface area (Å²) in [6.07, 6.45) is 2.75. The van der Waals surface area contributed by atoms with Crippen LogP contribution in [0.3, 0.4) is 0 Å². The van der Waals surface area contributed by atoms with E-state index in [9.17, 15) is 14.4 Å². The van der Waals surface area contributed by atoms with Crippen molar-refractivity contribution in [2.75, 3.05) is 6.61 Å². The number of hydrogen-bond donors (Lipinski definition) is 2. The van der Waals surface area contributed by atoms with Gasteiger partial charge in [-0.15, -0.1) is 0 Å². The van der Waals surface area contributed by atoms with Crippen molar-refractivity contribution in [3.63, 3.8) is 0 Å². The SMILES string of the molecule is CCc1cccc2c(C(=O)COC(=O)CCc3nc4ccccc4c(=O)[nH]3)c[nH]c12. The van der Waals surface area contributed by atoms with Crippen molar-refractivity contribution in [2.45, 2.75) is 26.2 Å². The van der Waals surface area contributed by atoms with E-state index in [0.29, 0.717) is 22.3 Å². The lowest BCUT2D eigenvalue weighted by molar-refractivity contribution is -0.142. The molecule has 0 saturated heterocycles. The number of fused-ring (bicyclic) bond motifs is 2. The summed E-state index contributed by atoms with van der Waals surface area (Å²) in [5.41, 5.74) is 2.89. The fourth-order valence-electron chi connectivity index (χ4n) is 3.51. The Hall–Kier alpha value is -3.74. The number of para-hydroxylation sites is 2. The van der Waals surface area contributed by atoms with Crippen molar-refractivity contribution in [2.24, 2.45) is 0 Å². The van der Waals surface area contributed by atoms with Gasteiger partial charge in [0.1, 0.15) is 5.82 Å². The summed E-state index contributed by atoms with van der Waals surface area (Å²) in [7, 11) is 0. The zero-order valence-electron chi connectivity index (χ0n) is 16.5. The molecule has 0 amide bonds. The van der Waals surface area contributed by atoms with Crippen molar-refractivity contribution in [3.8, 4) is 0 Å². The highest BCUT2D eigenvalue weighted by molar-refractivity contribution is 6.09. The van der Waals surface area contributed by atoms with Crippen LogP contribution in [-0.2, 0) is 22.4 Å². The lowest BCUT2D eigenvalue weighted by Gasteiger charge is -2.05. The first-order chi connectivity index (χ1) is 14.6. The van der Waals surface area contributed by atoms with Crippen LogP contribution in [0.15, 0.2) is 53.5 Å². The van der Waals surface area contributed by atoms with E-state index >= 15 is 0 Å². The summed E-state index contributed by atoms with van der Waals surface area (Å²) < 4.78 is 5.15. The van der Waals surface area contributed by atoms with Gasteiger partial charge in [-0.05, 0) is 24.1 Å². The Morgan fingerprint density at radius 3 is 2.70 bits per heavy atom. The van der Waals surface area contributed by atoms with Crippen molar-refractivity contribution >= 4 is 33.6 Å². The van der Waals surface area contributed by atoms with Gasteiger partial charge in [-0.3, -0.25) is 14.4 Å². The zero-order chi connectivity index (χ0) is 21.1. The van der Waals surface area contributed by atoms with Gasteiger partial charge in [0.15, 0.2) is 6.61 Å². The molecule has 0 aliphatic heterocycles. The van der Waals surface area contributed by atoms with E-state index in [0.717, 1.165) is 22.9 Å². The minimum absolute atomic E-state index is 0.0163. The maximum atomic E-state index is 12.5. The Balaban J connectivity index is 1.37. The molecule has 0 unspecified atom stereocenters. The molecule has 0 atom stereocenters. The van der Waals surface area contributed by atoms with E-state index in [-0.39, 0.29) is 30.8 Å². The highest BCUT2D eigenvalue weighted by Crippen LogP contribution is 2.22. The Kier molecular flexibility index (Phi) is 5.43. The number of H-pyrrole nitrogens is 2. The second-order valence-corrected chi connectivity index (χ2v) is 7.01. The summed E-state index contributed by atoms with van der Waals surface area (Å²) in [5, 5.41) is 1.33. The first kappa shape index (κ1) is 19.6. The number of rotatable bonds is 7. The van der Waals surface area contributed by atoms with Gasteiger partial charge in [0, 0.05) is 29.1 Å². The largest absolute Gasteiger partial charge is 0.457 e. The third kappa shape index (κ3) is 3.87. The molecule has 0 aliphatic carbocycles. The van der Waals surface area contributed by atoms with Gasteiger partial charge in [-0.1, -0.05) is 37.3 Å². The van der Waals surface area contributed by atoms with Crippen molar-refractivity contribution < 1.29 is 14.3 Å². The number of ketones is 1. The maximum Gasteiger partial charge on any atom is 0.306 e. The molecule has 152 valence electrons. The highest BCUT2D eigenvalue weighted by Gasteiger charge is 2.16. The molecule has 0 fully saturated rings. The van der Waals surface area contributed by atoms with Gasteiger partial charge in [0.05, 0.1) is 17.3 Å². The van der Waals surface area contributed by atoms with Crippen LogP contribution in [0.5, 0.6) is 0 Å². The predicted octanol–water partition coefficient (Wildman–Crippen LogP) is 3.33. The second-order valence-electron chi connectivity index (χ2n) is 7.01. The molecule has 0 aliphatic rings. The number of ether oxygens (including phenoxy) is 1. The van der Waals surface area contributed by atoms with Crippen molar-refractivity contribution in [1.82, 2.24) is 15.0 Å². The van der Waals surface area contributed by atoms with E-state index in [1.54, 1.807) is 30.5 Å². The molecule has 7 nitrogen and oxygen atoms in total. The van der Waals surface area contributed by atoms with Gasteiger partial charge < -0.3 is 14.7 Å². The smallest absolute Gasteiger partial charge is 0.306 e. The summed E-state index contributed by atoms with van der Waals surface area (Å²) in [6, 6.07) is 12.8. The predicted molar refractivity (Wildman–Crippen MR) is 114 cm³/mol. The number of aromatic amines is 2. The number of aromatic nitrogens is 3. The van der Waals surface area contributed by atoms with E-state index in [1.165, 1.54) is 0 Å². The summed E-state index contributed by atoms with van der Waals surface area (Å²) in [4.78, 5) is 46.9. The fourth-order valence-corrected chi connectivity index (χ4v) is 3.51. The number of nitrogens with zero attached hydrogens (tertiary/aromatic N) is 1. The Labute approximate surface area is 172 Å². The van der Waals surface area contributed by atoms with Gasteiger partial charge >= 0.3 is 5.97 Å². The number of carbonyl (C=O) groups excluding carboxylic acids is 2. The van der Waals surface area contributed by atoms with Gasteiger partial charge in [0.25, 0.3) is 5.56 Å². The minimum atomic E-state index is -0.520.